The van der Waals surface area contributed by atoms with Crippen LogP contribution in [-0.2, 0) is 0 Å². The van der Waals surface area contributed by atoms with E-state index in [1.165, 1.54) is 26.4 Å². The van der Waals surface area contributed by atoms with Crippen molar-refractivity contribution in [1.29, 1.82) is 0 Å². The first-order valence-electron chi connectivity index (χ1n) is 4.19. The van der Waals surface area contributed by atoms with Gasteiger partial charge in [-0.2, -0.15) is 0 Å². The molecule has 0 fully saturated rings. The zero-order valence-corrected chi connectivity index (χ0v) is 9.17. The number of rotatable bonds is 4. The number of methoxy groups -OCH3 is 2. The van der Waals surface area contributed by atoms with Crippen molar-refractivity contribution in [1.82, 2.24) is 0 Å². The van der Waals surface area contributed by atoms with Gasteiger partial charge in [-0.05, 0) is 6.07 Å². The first-order chi connectivity index (χ1) is 7.13. The quantitative estimate of drug-likeness (QED) is 0.797. The number of aliphatic hydroxyl groups excluding tert-OH is 1. The summed E-state index contributed by atoms with van der Waals surface area (Å²) in [4.78, 5) is 11.4. The highest BCUT2D eigenvalue weighted by molar-refractivity contribution is 6.33. The minimum atomic E-state index is -0.597. The average molecular weight is 231 g/mol. The molecule has 0 aliphatic carbocycles. The Bertz CT molecular complexity index is 376. The van der Waals surface area contributed by atoms with E-state index in [-0.39, 0.29) is 16.3 Å². The van der Waals surface area contributed by atoms with Gasteiger partial charge in [-0.3, -0.25) is 4.79 Å². The fourth-order valence-corrected chi connectivity index (χ4v) is 1.47. The Kier molecular flexibility index (Phi) is 3.94. The minimum Gasteiger partial charge on any atom is -0.497 e. The van der Waals surface area contributed by atoms with Crippen LogP contribution < -0.4 is 9.47 Å². The van der Waals surface area contributed by atoms with Crippen molar-refractivity contribution in [3.05, 3.63) is 22.7 Å². The van der Waals surface area contributed by atoms with Gasteiger partial charge in [-0.1, -0.05) is 11.6 Å². The van der Waals surface area contributed by atoms with Gasteiger partial charge in [0.25, 0.3) is 0 Å². The van der Waals surface area contributed by atoms with Crippen molar-refractivity contribution in [2.24, 2.45) is 0 Å². The SMILES string of the molecule is COc1cc(Cl)c(OC)c(C(=O)CO)c1. The summed E-state index contributed by atoms with van der Waals surface area (Å²) in [6.45, 7) is -0.597. The number of halogens is 1. The van der Waals surface area contributed by atoms with Crippen molar-refractivity contribution in [3.8, 4) is 11.5 Å². The van der Waals surface area contributed by atoms with Gasteiger partial charge < -0.3 is 14.6 Å². The van der Waals surface area contributed by atoms with E-state index >= 15 is 0 Å². The van der Waals surface area contributed by atoms with Gasteiger partial charge in [-0.15, -0.1) is 0 Å². The fraction of sp³-hybridized carbons (Fsp3) is 0.300. The molecule has 0 aliphatic heterocycles. The summed E-state index contributed by atoms with van der Waals surface area (Å²) in [5, 5.41) is 9.05. The van der Waals surface area contributed by atoms with Crippen LogP contribution >= 0.6 is 11.6 Å². The molecule has 5 heteroatoms. The molecule has 0 bridgehead atoms. The van der Waals surface area contributed by atoms with E-state index in [0.717, 1.165) is 0 Å². The van der Waals surface area contributed by atoms with Gasteiger partial charge in [0.2, 0.25) is 0 Å². The zero-order chi connectivity index (χ0) is 11.4. The van der Waals surface area contributed by atoms with Crippen LogP contribution in [0.15, 0.2) is 12.1 Å². The van der Waals surface area contributed by atoms with Gasteiger partial charge in [-0.25, -0.2) is 0 Å². The van der Waals surface area contributed by atoms with Gasteiger partial charge in [0.1, 0.15) is 18.1 Å². The summed E-state index contributed by atoms with van der Waals surface area (Å²) in [5.74, 6) is 0.224. The van der Waals surface area contributed by atoms with E-state index < -0.39 is 12.4 Å². The standard InChI is InChI=1S/C10H11ClO4/c1-14-6-3-7(9(13)5-12)10(15-2)8(11)4-6/h3-4,12H,5H2,1-2H3. The van der Waals surface area contributed by atoms with E-state index in [2.05, 4.69) is 0 Å². The van der Waals surface area contributed by atoms with E-state index in [4.69, 9.17) is 26.2 Å². The highest BCUT2D eigenvalue weighted by atomic mass is 35.5. The lowest BCUT2D eigenvalue weighted by Gasteiger charge is -2.10. The Morgan fingerprint density at radius 3 is 2.53 bits per heavy atom. The molecule has 4 nitrogen and oxygen atoms in total. The lowest BCUT2D eigenvalue weighted by atomic mass is 10.1. The molecular weight excluding hydrogens is 220 g/mol. The number of carbonyl (C=O) groups excluding carboxylic acids is 1. The third-order valence-electron chi connectivity index (χ3n) is 1.90. The summed E-state index contributed by atoms with van der Waals surface area (Å²) in [6, 6.07) is 3.01. The van der Waals surface area contributed by atoms with Gasteiger partial charge in [0, 0.05) is 6.07 Å². The number of hydrogen-bond acceptors (Lipinski definition) is 4. The van der Waals surface area contributed by atoms with Gasteiger partial charge in [0.15, 0.2) is 5.78 Å². The molecule has 0 aromatic heterocycles. The lowest BCUT2D eigenvalue weighted by molar-refractivity contribution is 0.0900. The Hall–Kier alpha value is -1.26. The molecule has 1 aromatic rings. The molecule has 0 saturated carbocycles. The maximum atomic E-state index is 11.4. The van der Waals surface area contributed by atoms with Crippen LogP contribution in [0.3, 0.4) is 0 Å². The van der Waals surface area contributed by atoms with Crippen molar-refractivity contribution in [2.75, 3.05) is 20.8 Å². The maximum absolute atomic E-state index is 11.4. The molecular formula is C10H11ClO4. The average Bonchev–Trinajstić information content (AvgIpc) is 2.26. The monoisotopic (exact) mass is 230 g/mol. The van der Waals surface area contributed by atoms with Crippen molar-refractivity contribution >= 4 is 17.4 Å². The van der Waals surface area contributed by atoms with Crippen LogP contribution in [0.5, 0.6) is 11.5 Å². The Morgan fingerprint density at radius 2 is 2.07 bits per heavy atom. The molecule has 0 aliphatic rings. The lowest BCUT2D eigenvalue weighted by Crippen LogP contribution is -2.07. The molecule has 0 amide bonds. The van der Waals surface area contributed by atoms with Crippen LogP contribution in [0.2, 0.25) is 5.02 Å². The zero-order valence-electron chi connectivity index (χ0n) is 8.41. The molecule has 0 atom stereocenters. The van der Waals surface area contributed by atoms with Crippen LogP contribution in [-0.4, -0.2) is 31.7 Å². The number of carbonyl (C=O) groups is 1. The molecule has 1 rings (SSSR count). The number of ether oxygens (including phenoxy) is 2. The summed E-state index contributed by atoms with van der Waals surface area (Å²) in [5.41, 5.74) is 0.212. The number of benzene rings is 1. The van der Waals surface area contributed by atoms with Crippen LogP contribution in [0.25, 0.3) is 0 Å². The predicted molar refractivity (Wildman–Crippen MR) is 56.0 cm³/mol. The third-order valence-corrected chi connectivity index (χ3v) is 2.18. The largest absolute Gasteiger partial charge is 0.497 e. The van der Waals surface area contributed by atoms with Crippen LogP contribution in [0.1, 0.15) is 10.4 Å². The predicted octanol–water partition coefficient (Wildman–Crippen LogP) is 1.53. The first-order valence-corrected chi connectivity index (χ1v) is 4.57. The van der Waals surface area contributed by atoms with Crippen molar-refractivity contribution in [2.45, 2.75) is 0 Å². The second kappa shape index (κ2) is 5.00. The van der Waals surface area contributed by atoms with E-state index in [9.17, 15) is 4.79 Å². The second-order valence-electron chi connectivity index (χ2n) is 2.77. The topological polar surface area (TPSA) is 55.8 Å². The first kappa shape index (κ1) is 11.8. The molecule has 0 unspecified atom stereocenters. The minimum absolute atomic E-state index is 0.212. The number of Topliss-reactive ketones (excluding diaryl/α,β-unsaturated/α-hetero) is 1. The highest BCUT2D eigenvalue weighted by Crippen LogP contribution is 2.33. The summed E-state index contributed by atoms with van der Waals surface area (Å²) >= 11 is 5.88. The Balaban J connectivity index is 3.32. The molecule has 15 heavy (non-hydrogen) atoms. The summed E-state index contributed by atoms with van der Waals surface area (Å²) < 4.78 is 9.94. The van der Waals surface area contributed by atoms with E-state index in [1.807, 2.05) is 0 Å². The smallest absolute Gasteiger partial charge is 0.192 e. The van der Waals surface area contributed by atoms with E-state index in [1.54, 1.807) is 0 Å². The molecule has 0 radical (unpaired) electrons. The number of ketones is 1. The maximum Gasteiger partial charge on any atom is 0.192 e. The Morgan fingerprint density at radius 1 is 1.40 bits per heavy atom. The number of hydrogen-bond donors (Lipinski definition) is 1. The summed E-state index contributed by atoms with van der Waals surface area (Å²) in [7, 11) is 2.87. The molecule has 0 heterocycles. The fourth-order valence-electron chi connectivity index (χ4n) is 1.19. The molecule has 1 N–H and O–H groups in total. The molecule has 1 aromatic carbocycles. The summed E-state index contributed by atoms with van der Waals surface area (Å²) in [6.07, 6.45) is 0. The van der Waals surface area contributed by atoms with Crippen molar-refractivity contribution < 1.29 is 19.4 Å². The van der Waals surface area contributed by atoms with Gasteiger partial charge >= 0.3 is 0 Å². The third kappa shape index (κ3) is 2.40. The molecule has 82 valence electrons. The van der Waals surface area contributed by atoms with Crippen LogP contribution in [0.4, 0.5) is 0 Å². The van der Waals surface area contributed by atoms with Crippen molar-refractivity contribution in [3.63, 3.8) is 0 Å². The highest BCUT2D eigenvalue weighted by Gasteiger charge is 2.16. The Labute approximate surface area is 92.4 Å². The molecule has 0 spiro atoms. The van der Waals surface area contributed by atoms with Crippen LogP contribution in [0, 0.1) is 0 Å². The second-order valence-corrected chi connectivity index (χ2v) is 3.18. The molecule has 0 saturated heterocycles. The van der Waals surface area contributed by atoms with Gasteiger partial charge in [0.05, 0.1) is 24.8 Å². The van der Waals surface area contributed by atoms with E-state index in [0.29, 0.717) is 5.75 Å². The number of aliphatic hydroxyl groups is 1. The normalized spacial score (nSPS) is 9.87.